The van der Waals surface area contributed by atoms with Crippen LogP contribution in [0, 0.1) is 20.2 Å². The van der Waals surface area contributed by atoms with Crippen LogP contribution in [0.4, 0.5) is 11.4 Å². The van der Waals surface area contributed by atoms with E-state index >= 15 is 0 Å². The fourth-order valence-corrected chi connectivity index (χ4v) is 5.11. The van der Waals surface area contributed by atoms with Gasteiger partial charge in [0.1, 0.15) is 0 Å². The van der Waals surface area contributed by atoms with Gasteiger partial charge in [-0.2, -0.15) is 0 Å². The highest BCUT2D eigenvalue weighted by molar-refractivity contribution is 7.99. The minimum absolute atomic E-state index is 0.00414. The second-order valence-corrected chi connectivity index (χ2v) is 9.16. The predicted octanol–water partition coefficient (Wildman–Crippen LogP) is 6.08. The minimum atomic E-state index is -4.52. The van der Waals surface area contributed by atoms with Crippen molar-refractivity contribution in [3.8, 4) is 11.5 Å². The summed E-state index contributed by atoms with van der Waals surface area (Å²) in [7, 11) is 0. The van der Waals surface area contributed by atoms with Gasteiger partial charge in [-0.15, -0.1) is 0 Å². The van der Waals surface area contributed by atoms with E-state index in [1.54, 1.807) is 0 Å². The number of rotatable bonds is 2. The largest absolute Gasteiger partial charge is 0.530 e. The van der Waals surface area contributed by atoms with Crippen LogP contribution in [0.3, 0.4) is 0 Å². The number of benzene rings is 2. The molecule has 2 aromatic rings. The highest BCUT2D eigenvalue weighted by atomic mass is 35.7. The van der Waals surface area contributed by atoms with Crippen LogP contribution in [0.25, 0.3) is 0 Å². The van der Waals surface area contributed by atoms with Crippen LogP contribution in [-0.4, -0.2) is 9.85 Å². The van der Waals surface area contributed by atoms with E-state index in [0.717, 1.165) is 23.9 Å². The molecule has 0 N–H and O–H groups in total. The molecule has 1 aliphatic heterocycles. The van der Waals surface area contributed by atoms with E-state index in [1.165, 1.54) is 12.1 Å². The van der Waals surface area contributed by atoms with Gasteiger partial charge in [0, 0.05) is 33.4 Å². The van der Waals surface area contributed by atoms with E-state index in [2.05, 4.69) is 0 Å². The van der Waals surface area contributed by atoms with Crippen molar-refractivity contribution in [3.05, 3.63) is 54.5 Å². The van der Waals surface area contributed by atoms with Gasteiger partial charge in [0.15, 0.2) is 0 Å². The van der Waals surface area contributed by atoms with Gasteiger partial charge >= 0.3 is 18.3 Å². The van der Waals surface area contributed by atoms with E-state index in [1.807, 2.05) is 0 Å². The minimum Gasteiger partial charge on any atom is -0.396 e. The third-order valence-electron chi connectivity index (χ3n) is 3.01. The van der Waals surface area contributed by atoms with Crippen LogP contribution in [0.2, 0.25) is 10.0 Å². The summed E-state index contributed by atoms with van der Waals surface area (Å²) in [4.78, 5) is 21.0. The zero-order valence-electron chi connectivity index (χ0n) is 12.1. The zero-order valence-corrected chi connectivity index (χ0v) is 16.0. The van der Waals surface area contributed by atoms with Crippen LogP contribution in [-0.2, 0) is 4.57 Å². The molecule has 0 saturated heterocycles. The van der Waals surface area contributed by atoms with E-state index in [9.17, 15) is 24.8 Å². The Morgan fingerprint density at radius 2 is 1.27 bits per heavy atom. The van der Waals surface area contributed by atoms with Crippen molar-refractivity contribution >= 4 is 64.5 Å². The first-order valence-corrected chi connectivity index (χ1v) is 10.4. The van der Waals surface area contributed by atoms with Crippen LogP contribution < -0.4 is 9.05 Å². The summed E-state index contributed by atoms with van der Waals surface area (Å²) in [5, 5.41) is 22.5. The topological polar surface area (TPSA) is 122 Å². The highest BCUT2D eigenvalue weighted by Gasteiger charge is 2.38. The molecule has 1 heterocycles. The Labute approximate surface area is 163 Å². The monoisotopic (exact) mass is 456 g/mol. The molecule has 0 unspecified atom stereocenters. The summed E-state index contributed by atoms with van der Waals surface area (Å²) < 4.78 is 22.5. The lowest BCUT2D eigenvalue weighted by Crippen LogP contribution is -2.05. The standard InChI is InChI=1S/C12H4Cl3N2O7PS/c13-5-1-7(16(18)19)11-9(3-5)26-10-4-6(14)2-8(17(20)21)12(10)24-25(15,22)23-11/h1-4H. The van der Waals surface area contributed by atoms with E-state index in [-0.39, 0.29) is 19.8 Å². The number of nitro benzene ring substituents is 2. The Morgan fingerprint density at radius 1 is 0.885 bits per heavy atom. The summed E-state index contributed by atoms with van der Waals surface area (Å²) in [6.07, 6.45) is 0. The molecule has 0 radical (unpaired) electrons. The lowest BCUT2D eigenvalue weighted by molar-refractivity contribution is -0.385. The predicted molar refractivity (Wildman–Crippen MR) is 95.1 cm³/mol. The number of halogens is 3. The fraction of sp³-hybridized carbons (Fsp3) is 0. The molecule has 14 heteroatoms. The summed E-state index contributed by atoms with van der Waals surface area (Å²) in [6, 6.07) is 4.57. The first-order chi connectivity index (χ1) is 12.1. The van der Waals surface area contributed by atoms with Crippen LogP contribution >= 0.6 is 53.2 Å². The van der Waals surface area contributed by atoms with E-state index in [0.29, 0.717) is 0 Å². The van der Waals surface area contributed by atoms with Crippen molar-refractivity contribution in [1.29, 1.82) is 0 Å². The van der Waals surface area contributed by atoms with Crippen molar-refractivity contribution in [2.24, 2.45) is 0 Å². The summed E-state index contributed by atoms with van der Waals surface area (Å²) in [6.45, 7) is -4.52. The van der Waals surface area contributed by atoms with Crippen molar-refractivity contribution < 1.29 is 23.5 Å². The maximum Gasteiger partial charge on any atom is 0.530 e. The van der Waals surface area contributed by atoms with Crippen molar-refractivity contribution in [3.63, 3.8) is 0 Å². The van der Waals surface area contributed by atoms with Crippen molar-refractivity contribution in [2.45, 2.75) is 9.79 Å². The Hall–Kier alpha value is -1.71. The van der Waals surface area contributed by atoms with Gasteiger partial charge in [-0.3, -0.25) is 20.2 Å². The number of fused-ring (bicyclic) bond motifs is 2. The normalized spacial score (nSPS) is 14.7. The fourth-order valence-electron chi connectivity index (χ4n) is 2.07. The van der Waals surface area contributed by atoms with Gasteiger partial charge in [-0.05, 0) is 12.1 Å². The summed E-state index contributed by atoms with van der Waals surface area (Å²) in [5.74, 6) is -0.868. The second kappa shape index (κ2) is 6.79. The Kier molecular flexibility index (Phi) is 4.98. The molecular formula is C12H4Cl3N2O7PS. The molecule has 0 amide bonds. The van der Waals surface area contributed by atoms with Gasteiger partial charge in [0.25, 0.3) is 0 Å². The van der Waals surface area contributed by atoms with Gasteiger partial charge < -0.3 is 9.05 Å². The van der Waals surface area contributed by atoms with E-state index < -0.39 is 39.7 Å². The smallest absolute Gasteiger partial charge is 0.396 e. The molecule has 3 rings (SSSR count). The SMILES string of the molecule is O=[N+]([O-])c1cc(Cl)cc2c1OP(=O)(Cl)Oc1c(cc(Cl)cc1[N+](=O)[O-])S2. The van der Waals surface area contributed by atoms with Crippen molar-refractivity contribution in [2.75, 3.05) is 0 Å². The third kappa shape index (κ3) is 3.70. The maximum atomic E-state index is 12.5. The van der Waals surface area contributed by atoms with Crippen LogP contribution in [0.5, 0.6) is 11.5 Å². The number of nitro groups is 2. The van der Waals surface area contributed by atoms with Crippen LogP contribution in [0.15, 0.2) is 34.1 Å². The highest BCUT2D eigenvalue weighted by Crippen LogP contribution is 2.62. The van der Waals surface area contributed by atoms with Crippen LogP contribution in [0.1, 0.15) is 0 Å². The summed E-state index contributed by atoms with van der Waals surface area (Å²) >= 11 is 18.3. The Balaban J connectivity index is 2.32. The van der Waals surface area contributed by atoms with Gasteiger partial charge in [-0.25, -0.2) is 4.57 Å². The van der Waals surface area contributed by atoms with E-state index in [4.69, 9.17) is 43.5 Å². The van der Waals surface area contributed by atoms with Gasteiger partial charge in [-0.1, -0.05) is 35.0 Å². The molecule has 0 spiro atoms. The molecule has 2 aromatic carbocycles. The molecule has 1 aliphatic rings. The molecule has 9 nitrogen and oxygen atoms in total. The number of hydrogen-bond donors (Lipinski definition) is 0. The molecule has 26 heavy (non-hydrogen) atoms. The summed E-state index contributed by atoms with van der Waals surface area (Å²) in [5.41, 5.74) is -1.19. The lowest BCUT2D eigenvalue weighted by Gasteiger charge is -2.21. The lowest BCUT2D eigenvalue weighted by atomic mass is 10.3. The molecule has 136 valence electrons. The third-order valence-corrected chi connectivity index (χ3v) is 5.71. The molecule has 0 fully saturated rings. The number of hydrogen-bond acceptors (Lipinski definition) is 8. The van der Waals surface area contributed by atoms with Gasteiger partial charge in [0.05, 0.1) is 19.6 Å². The Bertz CT molecular complexity index is 943. The maximum absolute atomic E-state index is 12.5. The average molecular weight is 458 g/mol. The van der Waals surface area contributed by atoms with Gasteiger partial charge in [0.2, 0.25) is 11.5 Å². The molecule has 0 aliphatic carbocycles. The molecule has 0 saturated carbocycles. The molecule has 0 atom stereocenters. The quantitative estimate of drug-likeness (QED) is 0.302. The van der Waals surface area contributed by atoms with Crippen molar-refractivity contribution in [1.82, 2.24) is 0 Å². The molecular weight excluding hydrogens is 454 g/mol. The second-order valence-electron chi connectivity index (χ2n) is 4.73. The first-order valence-electron chi connectivity index (χ1n) is 6.40. The molecule has 0 aromatic heterocycles. The number of nitrogens with zero attached hydrogens (tertiary/aromatic N) is 2. The zero-order chi connectivity index (χ0) is 19.2. The Morgan fingerprint density at radius 3 is 1.62 bits per heavy atom. The first kappa shape index (κ1) is 19.1. The average Bonchev–Trinajstić information content (AvgIpc) is 2.50. The molecule has 0 bridgehead atoms.